The van der Waals surface area contributed by atoms with Crippen molar-refractivity contribution in [3.05, 3.63) is 148 Å². The van der Waals surface area contributed by atoms with Crippen molar-refractivity contribution in [1.29, 1.82) is 0 Å². The fraction of sp³-hybridized carbons (Fsp3) is 0.0833. The number of aromatic nitrogens is 1. The van der Waals surface area contributed by atoms with E-state index in [1.165, 1.54) is 36.4 Å². The van der Waals surface area contributed by atoms with Crippen molar-refractivity contribution in [2.24, 2.45) is 7.05 Å². The van der Waals surface area contributed by atoms with Crippen LogP contribution >= 0.6 is 0 Å². The predicted molar refractivity (Wildman–Crippen MR) is 163 cm³/mol. The Morgan fingerprint density at radius 1 is 0.558 bits per heavy atom. The molecule has 0 saturated carbocycles. The fourth-order valence-electron chi connectivity index (χ4n) is 4.36. The van der Waals surface area contributed by atoms with Gasteiger partial charge in [0, 0.05) is 24.3 Å². The number of rotatable bonds is 10. The van der Waals surface area contributed by atoms with E-state index >= 15 is 0 Å². The van der Waals surface area contributed by atoms with Gasteiger partial charge in [0.05, 0.1) is 11.1 Å². The summed E-state index contributed by atoms with van der Waals surface area (Å²) in [5.74, 6) is -0.135. The van der Waals surface area contributed by atoms with Crippen molar-refractivity contribution in [2.45, 2.75) is 13.2 Å². The molecule has 2 N–H and O–H groups in total. The molecule has 5 rings (SSSR count). The van der Waals surface area contributed by atoms with E-state index in [4.69, 9.17) is 9.47 Å². The topological polar surface area (TPSA) is 62.8 Å². The Morgan fingerprint density at radius 2 is 0.953 bits per heavy atom. The Hall–Kier alpha value is -5.43. The molecule has 43 heavy (non-hydrogen) atoms. The molecule has 1 heterocycles. The minimum Gasteiger partial charge on any atom is -0.507 e. The van der Waals surface area contributed by atoms with E-state index in [-0.39, 0.29) is 35.8 Å². The normalized spacial score (nSPS) is 11.3. The highest BCUT2D eigenvalue weighted by Crippen LogP contribution is 2.24. The largest absolute Gasteiger partial charge is 0.507 e. The van der Waals surface area contributed by atoms with Gasteiger partial charge in [-0.05, 0) is 77.9 Å². The second-order valence-corrected chi connectivity index (χ2v) is 9.79. The van der Waals surface area contributed by atoms with Gasteiger partial charge in [0.15, 0.2) is 0 Å². The van der Waals surface area contributed by atoms with Crippen LogP contribution in [-0.2, 0) is 20.3 Å². The van der Waals surface area contributed by atoms with Crippen LogP contribution in [0.3, 0.4) is 0 Å². The Labute approximate surface area is 248 Å². The molecule has 0 radical (unpaired) electrons. The van der Waals surface area contributed by atoms with Crippen LogP contribution in [0.15, 0.2) is 103 Å². The molecule has 5 nitrogen and oxygen atoms in total. The molecule has 1 aromatic heterocycles. The lowest BCUT2D eigenvalue weighted by atomic mass is 10.1. The summed E-state index contributed by atoms with van der Waals surface area (Å²) < 4.78 is 41.2. The molecule has 0 amide bonds. The lowest BCUT2D eigenvalue weighted by molar-refractivity contribution is -0.675. The molecule has 0 unspecified atom stereocenters. The molecule has 0 aliphatic carbocycles. The zero-order valence-corrected chi connectivity index (χ0v) is 23.5. The van der Waals surface area contributed by atoms with E-state index < -0.39 is 11.6 Å². The van der Waals surface area contributed by atoms with Crippen LogP contribution in [0.1, 0.15) is 33.6 Å². The van der Waals surface area contributed by atoms with E-state index in [1.54, 1.807) is 24.3 Å². The van der Waals surface area contributed by atoms with Crippen LogP contribution < -0.4 is 14.0 Å². The summed E-state index contributed by atoms with van der Waals surface area (Å²) in [5.41, 5.74) is 4.18. The van der Waals surface area contributed by atoms with Crippen molar-refractivity contribution < 1.29 is 33.0 Å². The molecule has 0 atom stereocenters. The van der Waals surface area contributed by atoms with Crippen LogP contribution in [0, 0.1) is 11.6 Å². The third kappa shape index (κ3) is 7.45. The first kappa shape index (κ1) is 29.1. The maximum atomic E-state index is 13.9. The van der Waals surface area contributed by atoms with Crippen LogP contribution in [0.5, 0.6) is 23.0 Å². The highest BCUT2D eigenvalue weighted by molar-refractivity contribution is 5.69. The number of benzene rings is 4. The average Bonchev–Trinajstić information content (AvgIpc) is 3.01. The third-order valence-electron chi connectivity index (χ3n) is 6.92. The maximum absolute atomic E-state index is 13.9. The lowest BCUT2D eigenvalue weighted by Gasteiger charge is -2.09. The van der Waals surface area contributed by atoms with E-state index in [0.717, 1.165) is 22.5 Å². The maximum Gasteiger partial charge on any atom is 0.205 e. The van der Waals surface area contributed by atoms with E-state index in [2.05, 4.69) is 4.57 Å². The highest BCUT2D eigenvalue weighted by Gasteiger charge is 2.10. The van der Waals surface area contributed by atoms with Crippen LogP contribution in [0.25, 0.3) is 24.3 Å². The van der Waals surface area contributed by atoms with Crippen LogP contribution in [0.2, 0.25) is 0 Å². The molecule has 7 heteroatoms. The number of phenols is 2. The highest BCUT2D eigenvalue weighted by atomic mass is 19.1. The standard InChI is InChI=1S/C36H29F2NO4/c1-39-27(17-11-25-13-19-29(20-14-25)42-23-31-33(37)7-3-9-35(31)40)5-2-6-28(39)18-12-26-15-21-30(22-16-26)43-24-32-34(38)8-4-10-36(32)41/h2-22H,23-24H2,1H3,(H-,40,41)/p+1/b17-11+,18-12+. The van der Waals surface area contributed by atoms with Gasteiger partial charge >= 0.3 is 0 Å². The number of hydrogen-bond acceptors (Lipinski definition) is 4. The summed E-state index contributed by atoms with van der Waals surface area (Å²) >= 11 is 0. The number of hydrogen-bond donors (Lipinski definition) is 2. The van der Waals surface area contributed by atoms with E-state index in [1.807, 2.05) is 73.8 Å². The Morgan fingerprint density at radius 3 is 1.35 bits per heavy atom. The minimum absolute atomic E-state index is 0.0668. The van der Waals surface area contributed by atoms with Gasteiger partial charge in [0.25, 0.3) is 0 Å². The molecule has 0 spiro atoms. The van der Waals surface area contributed by atoms with Gasteiger partial charge in [-0.2, -0.15) is 4.57 Å². The number of aromatic hydroxyl groups is 2. The first-order chi connectivity index (χ1) is 20.9. The molecule has 0 saturated heterocycles. The summed E-state index contributed by atoms with van der Waals surface area (Å²) in [4.78, 5) is 0. The lowest BCUT2D eigenvalue weighted by Crippen LogP contribution is -2.35. The van der Waals surface area contributed by atoms with Gasteiger partial charge in [0.2, 0.25) is 11.4 Å². The molecule has 5 aromatic rings. The molecule has 0 aliphatic heterocycles. The Balaban J connectivity index is 1.19. The second kappa shape index (κ2) is 13.5. The third-order valence-corrected chi connectivity index (χ3v) is 6.92. The first-order valence-corrected chi connectivity index (χ1v) is 13.6. The van der Waals surface area contributed by atoms with Crippen molar-refractivity contribution in [1.82, 2.24) is 0 Å². The van der Waals surface area contributed by atoms with E-state index in [0.29, 0.717) is 11.5 Å². The van der Waals surface area contributed by atoms with Gasteiger partial charge in [-0.1, -0.05) is 36.4 Å². The smallest absolute Gasteiger partial charge is 0.205 e. The number of pyridine rings is 1. The Kier molecular flexibility index (Phi) is 9.12. The van der Waals surface area contributed by atoms with Crippen molar-refractivity contribution in [3.63, 3.8) is 0 Å². The summed E-state index contributed by atoms with van der Waals surface area (Å²) in [7, 11) is 1.99. The monoisotopic (exact) mass is 578 g/mol. The fourth-order valence-corrected chi connectivity index (χ4v) is 4.36. The van der Waals surface area contributed by atoms with Gasteiger partial charge in [0.1, 0.15) is 54.9 Å². The first-order valence-electron chi connectivity index (χ1n) is 13.6. The van der Waals surface area contributed by atoms with Crippen molar-refractivity contribution >= 4 is 24.3 Å². The summed E-state index contributed by atoms with van der Waals surface area (Å²) in [6, 6.07) is 29.2. The molecule has 216 valence electrons. The number of nitrogens with zero attached hydrogens (tertiary/aromatic N) is 1. The van der Waals surface area contributed by atoms with Crippen molar-refractivity contribution in [2.75, 3.05) is 0 Å². The Bertz CT molecular complexity index is 1600. The van der Waals surface area contributed by atoms with Gasteiger partial charge in [-0.15, -0.1) is 0 Å². The zero-order valence-electron chi connectivity index (χ0n) is 23.5. The zero-order chi connectivity index (χ0) is 30.2. The summed E-state index contributed by atoms with van der Waals surface area (Å²) in [6.45, 7) is -0.134. The van der Waals surface area contributed by atoms with Crippen LogP contribution in [-0.4, -0.2) is 10.2 Å². The predicted octanol–water partition coefficient (Wildman–Crippen LogP) is 7.70. The molecule has 4 aromatic carbocycles. The van der Waals surface area contributed by atoms with Crippen LogP contribution in [0.4, 0.5) is 8.78 Å². The van der Waals surface area contributed by atoms with E-state index in [9.17, 15) is 19.0 Å². The molecular weight excluding hydrogens is 548 g/mol. The summed E-state index contributed by atoms with van der Waals surface area (Å²) in [6.07, 6.45) is 8.03. The molecule has 0 fully saturated rings. The molecule has 0 aliphatic rings. The second-order valence-electron chi connectivity index (χ2n) is 9.79. The number of halogens is 2. The molecule has 0 bridgehead atoms. The minimum atomic E-state index is -0.507. The summed E-state index contributed by atoms with van der Waals surface area (Å²) in [5, 5.41) is 19.7. The van der Waals surface area contributed by atoms with Gasteiger partial charge in [-0.25, -0.2) is 8.78 Å². The van der Waals surface area contributed by atoms with Crippen molar-refractivity contribution in [3.8, 4) is 23.0 Å². The average molecular weight is 579 g/mol. The SMILES string of the molecule is C[n+]1c(/C=C/c2ccc(OCc3c(O)cccc3F)cc2)cccc1/C=C/c1ccc(OCc2c(O)cccc2F)cc1. The number of ether oxygens (including phenoxy) is 2. The van der Waals surface area contributed by atoms with Gasteiger partial charge < -0.3 is 19.7 Å². The quantitative estimate of drug-likeness (QED) is 0.167. The number of phenolic OH excluding ortho intramolecular Hbond substituents is 2. The van der Waals surface area contributed by atoms with Gasteiger partial charge in [-0.3, -0.25) is 0 Å². The molecular formula is C36H30F2NO4+.